The highest BCUT2D eigenvalue weighted by Gasteiger charge is 2.24. The Morgan fingerprint density at radius 1 is 1.38 bits per heavy atom. The SMILES string of the molecule is CC(C)C(=O)N1CCC(NC(=O)CN)CC1. The van der Waals surface area contributed by atoms with Gasteiger partial charge in [-0.3, -0.25) is 9.59 Å². The van der Waals surface area contributed by atoms with Crippen molar-refractivity contribution in [2.75, 3.05) is 19.6 Å². The van der Waals surface area contributed by atoms with E-state index >= 15 is 0 Å². The van der Waals surface area contributed by atoms with Crippen LogP contribution in [0.25, 0.3) is 0 Å². The second-order valence-electron chi connectivity index (χ2n) is 4.53. The van der Waals surface area contributed by atoms with E-state index in [0.717, 1.165) is 25.9 Å². The van der Waals surface area contributed by atoms with Crippen LogP contribution in [-0.4, -0.2) is 42.4 Å². The van der Waals surface area contributed by atoms with Crippen LogP contribution < -0.4 is 11.1 Å². The van der Waals surface area contributed by atoms with Crippen LogP contribution in [0.15, 0.2) is 0 Å². The zero-order chi connectivity index (χ0) is 12.1. The van der Waals surface area contributed by atoms with Gasteiger partial charge in [-0.25, -0.2) is 0 Å². The molecule has 0 atom stereocenters. The summed E-state index contributed by atoms with van der Waals surface area (Å²) < 4.78 is 0. The molecule has 0 unspecified atom stereocenters. The smallest absolute Gasteiger partial charge is 0.233 e. The zero-order valence-electron chi connectivity index (χ0n) is 10.0. The van der Waals surface area contributed by atoms with Gasteiger partial charge in [0.05, 0.1) is 6.54 Å². The molecular formula is C11H21N3O2. The summed E-state index contributed by atoms with van der Waals surface area (Å²) in [5.41, 5.74) is 5.23. The Labute approximate surface area is 96.4 Å². The summed E-state index contributed by atoms with van der Waals surface area (Å²) in [5.74, 6) is 0.132. The molecule has 1 heterocycles. The van der Waals surface area contributed by atoms with Gasteiger partial charge in [-0.2, -0.15) is 0 Å². The van der Waals surface area contributed by atoms with E-state index in [0.29, 0.717) is 0 Å². The average Bonchev–Trinajstić information content (AvgIpc) is 2.28. The molecule has 1 aliphatic heterocycles. The van der Waals surface area contributed by atoms with Crippen LogP contribution in [0.1, 0.15) is 26.7 Å². The van der Waals surface area contributed by atoms with Gasteiger partial charge in [0.2, 0.25) is 11.8 Å². The molecule has 0 spiro atoms. The maximum Gasteiger partial charge on any atom is 0.233 e. The number of amides is 2. The molecule has 0 radical (unpaired) electrons. The quantitative estimate of drug-likeness (QED) is 0.695. The highest BCUT2D eigenvalue weighted by molar-refractivity contribution is 5.79. The number of nitrogens with one attached hydrogen (secondary N) is 1. The summed E-state index contributed by atoms with van der Waals surface area (Å²) in [6.45, 7) is 5.31. The summed E-state index contributed by atoms with van der Waals surface area (Å²) in [5, 5.41) is 2.86. The number of nitrogens with two attached hydrogens (primary N) is 1. The maximum absolute atomic E-state index is 11.7. The minimum atomic E-state index is -0.117. The molecule has 1 saturated heterocycles. The van der Waals surface area contributed by atoms with Gasteiger partial charge < -0.3 is 16.0 Å². The highest BCUT2D eigenvalue weighted by atomic mass is 16.2. The molecule has 1 rings (SSSR count). The third-order valence-electron chi connectivity index (χ3n) is 2.85. The number of nitrogens with zero attached hydrogens (tertiary/aromatic N) is 1. The van der Waals surface area contributed by atoms with E-state index in [4.69, 9.17) is 5.73 Å². The van der Waals surface area contributed by atoms with E-state index in [9.17, 15) is 9.59 Å². The molecular weight excluding hydrogens is 206 g/mol. The highest BCUT2D eigenvalue weighted by Crippen LogP contribution is 2.13. The van der Waals surface area contributed by atoms with Crippen LogP contribution >= 0.6 is 0 Å². The van der Waals surface area contributed by atoms with E-state index < -0.39 is 0 Å². The van der Waals surface area contributed by atoms with Gasteiger partial charge in [0.15, 0.2) is 0 Å². The molecule has 1 fully saturated rings. The summed E-state index contributed by atoms with van der Waals surface area (Å²) in [6, 6.07) is 0.173. The van der Waals surface area contributed by atoms with Gasteiger partial charge in [-0.15, -0.1) is 0 Å². The minimum Gasteiger partial charge on any atom is -0.352 e. The number of piperidine rings is 1. The lowest BCUT2D eigenvalue weighted by Crippen LogP contribution is -2.48. The van der Waals surface area contributed by atoms with Crippen molar-refractivity contribution in [1.29, 1.82) is 0 Å². The summed E-state index contributed by atoms with van der Waals surface area (Å²) in [7, 11) is 0. The van der Waals surface area contributed by atoms with Crippen molar-refractivity contribution < 1.29 is 9.59 Å². The molecule has 0 saturated carbocycles. The van der Waals surface area contributed by atoms with Gasteiger partial charge in [-0.05, 0) is 12.8 Å². The van der Waals surface area contributed by atoms with E-state index in [2.05, 4.69) is 5.32 Å². The molecule has 3 N–H and O–H groups in total. The first kappa shape index (κ1) is 13.0. The molecule has 0 aromatic carbocycles. The minimum absolute atomic E-state index is 0.0329. The third-order valence-corrected chi connectivity index (χ3v) is 2.85. The fraction of sp³-hybridized carbons (Fsp3) is 0.818. The number of carbonyl (C=O) groups is 2. The molecule has 0 aromatic heterocycles. The number of likely N-dealkylation sites (tertiary alicyclic amines) is 1. The van der Waals surface area contributed by atoms with Crippen molar-refractivity contribution in [1.82, 2.24) is 10.2 Å². The topological polar surface area (TPSA) is 75.4 Å². The Bertz CT molecular complexity index is 258. The Morgan fingerprint density at radius 2 is 1.94 bits per heavy atom. The fourth-order valence-electron chi connectivity index (χ4n) is 1.90. The summed E-state index contributed by atoms with van der Waals surface area (Å²) in [6.07, 6.45) is 1.65. The molecule has 5 heteroatoms. The molecule has 16 heavy (non-hydrogen) atoms. The van der Waals surface area contributed by atoms with Gasteiger partial charge in [-0.1, -0.05) is 13.8 Å². The average molecular weight is 227 g/mol. The Morgan fingerprint density at radius 3 is 2.38 bits per heavy atom. The summed E-state index contributed by atoms with van der Waals surface area (Å²) in [4.78, 5) is 24.7. The van der Waals surface area contributed by atoms with Gasteiger partial charge in [0.1, 0.15) is 0 Å². The second-order valence-corrected chi connectivity index (χ2v) is 4.53. The van der Waals surface area contributed by atoms with Crippen molar-refractivity contribution in [2.45, 2.75) is 32.7 Å². The largest absolute Gasteiger partial charge is 0.352 e. The third kappa shape index (κ3) is 3.48. The van der Waals surface area contributed by atoms with Gasteiger partial charge in [0, 0.05) is 25.0 Å². The van der Waals surface area contributed by atoms with Crippen LogP contribution in [0.2, 0.25) is 0 Å². The van der Waals surface area contributed by atoms with Gasteiger partial charge in [0.25, 0.3) is 0 Å². The molecule has 0 bridgehead atoms. The number of rotatable bonds is 3. The summed E-state index contributed by atoms with van der Waals surface area (Å²) >= 11 is 0. The van der Waals surface area contributed by atoms with E-state index in [1.165, 1.54) is 0 Å². The number of carbonyl (C=O) groups excluding carboxylic acids is 2. The maximum atomic E-state index is 11.7. The first-order valence-electron chi connectivity index (χ1n) is 5.82. The van der Waals surface area contributed by atoms with Crippen molar-refractivity contribution >= 4 is 11.8 Å². The predicted molar refractivity (Wildman–Crippen MR) is 61.6 cm³/mol. The van der Waals surface area contributed by atoms with E-state index in [1.807, 2.05) is 18.7 Å². The molecule has 1 aliphatic rings. The lowest BCUT2D eigenvalue weighted by atomic mass is 10.0. The van der Waals surface area contributed by atoms with E-state index in [1.54, 1.807) is 0 Å². The zero-order valence-corrected chi connectivity index (χ0v) is 10.0. The molecule has 0 aliphatic carbocycles. The second kappa shape index (κ2) is 5.84. The Kier molecular flexibility index (Phi) is 4.73. The van der Waals surface area contributed by atoms with Crippen molar-refractivity contribution in [3.63, 3.8) is 0 Å². The standard InChI is InChI=1S/C11H21N3O2/c1-8(2)11(16)14-5-3-9(4-6-14)13-10(15)7-12/h8-9H,3-7,12H2,1-2H3,(H,13,15). The first-order valence-corrected chi connectivity index (χ1v) is 5.82. The van der Waals surface area contributed by atoms with Crippen molar-refractivity contribution in [3.8, 4) is 0 Å². The Hall–Kier alpha value is -1.10. The van der Waals surface area contributed by atoms with Crippen LogP contribution in [0.3, 0.4) is 0 Å². The first-order chi connectivity index (χ1) is 7.54. The van der Waals surface area contributed by atoms with Gasteiger partial charge >= 0.3 is 0 Å². The Balaban J connectivity index is 2.34. The van der Waals surface area contributed by atoms with Crippen LogP contribution in [0.5, 0.6) is 0 Å². The lowest BCUT2D eigenvalue weighted by molar-refractivity contribution is -0.135. The predicted octanol–water partition coefficient (Wildman–Crippen LogP) is -0.292. The van der Waals surface area contributed by atoms with E-state index in [-0.39, 0.29) is 30.3 Å². The van der Waals surface area contributed by atoms with Crippen LogP contribution in [0, 0.1) is 5.92 Å². The molecule has 2 amide bonds. The monoisotopic (exact) mass is 227 g/mol. The van der Waals surface area contributed by atoms with Crippen molar-refractivity contribution in [2.24, 2.45) is 11.7 Å². The normalized spacial score (nSPS) is 17.6. The van der Waals surface area contributed by atoms with Crippen molar-refractivity contribution in [3.05, 3.63) is 0 Å². The molecule has 92 valence electrons. The van der Waals surface area contributed by atoms with Crippen LogP contribution in [-0.2, 0) is 9.59 Å². The number of hydrogen-bond donors (Lipinski definition) is 2. The lowest BCUT2D eigenvalue weighted by Gasteiger charge is -2.33. The molecule has 0 aromatic rings. The van der Waals surface area contributed by atoms with Crippen LogP contribution in [0.4, 0.5) is 0 Å². The number of hydrogen-bond acceptors (Lipinski definition) is 3. The fourth-order valence-corrected chi connectivity index (χ4v) is 1.90. The molecule has 5 nitrogen and oxygen atoms in total.